The molecule has 3 aromatic rings. The predicted octanol–water partition coefficient (Wildman–Crippen LogP) is 2.07. The molecule has 0 unspecified atom stereocenters. The molecule has 0 aliphatic rings. The van der Waals surface area contributed by atoms with Crippen molar-refractivity contribution in [2.45, 2.75) is 17.7 Å². The quantitative estimate of drug-likeness (QED) is 0.585. The number of thioether (sulfide) groups is 1. The van der Waals surface area contributed by atoms with Gasteiger partial charge in [-0.2, -0.15) is 5.10 Å². The Morgan fingerprint density at radius 1 is 1.48 bits per heavy atom. The Morgan fingerprint density at radius 3 is 3.14 bits per heavy atom. The van der Waals surface area contributed by atoms with Gasteiger partial charge in [-0.15, -0.1) is 11.3 Å². The zero-order valence-electron chi connectivity index (χ0n) is 11.4. The highest BCUT2D eigenvalue weighted by Crippen LogP contribution is 2.28. The van der Waals surface area contributed by atoms with Crippen LogP contribution in [0.2, 0.25) is 0 Å². The summed E-state index contributed by atoms with van der Waals surface area (Å²) >= 11 is 2.99. The number of carbonyl (C=O) groups is 1. The zero-order chi connectivity index (χ0) is 14.8. The Hall–Kier alpha value is -2.00. The molecular weight excluding hydrogens is 308 g/mol. The van der Waals surface area contributed by atoms with Crippen molar-refractivity contribution in [3.63, 3.8) is 0 Å². The average molecular weight is 320 g/mol. The van der Waals surface area contributed by atoms with Gasteiger partial charge in [-0.3, -0.25) is 9.48 Å². The van der Waals surface area contributed by atoms with Gasteiger partial charge < -0.3 is 5.32 Å². The van der Waals surface area contributed by atoms with Crippen LogP contribution in [0.1, 0.15) is 12.6 Å². The van der Waals surface area contributed by atoms with Crippen LogP contribution in [0.25, 0.3) is 11.0 Å². The largest absolute Gasteiger partial charge is 0.302 e. The van der Waals surface area contributed by atoms with Crippen molar-refractivity contribution in [1.82, 2.24) is 24.7 Å². The minimum Gasteiger partial charge on any atom is -0.302 e. The molecule has 0 radical (unpaired) electrons. The number of amides is 1. The standard InChI is InChI=1S/C12H12N6OS2/c1-7(19)16-12-17-8(5-21-12)4-20-11-9-3-15-18(2)10(9)13-6-14-11/h3,5-6H,4H2,1-2H3,(H,16,17,19). The van der Waals surface area contributed by atoms with Crippen molar-refractivity contribution in [3.05, 3.63) is 23.6 Å². The van der Waals surface area contributed by atoms with E-state index in [9.17, 15) is 4.79 Å². The van der Waals surface area contributed by atoms with Crippen molar-refractivity contribution < 1.29 is 4.79 Å². The van der Waals surface area contributed by atoms with E-state index < -0.39 is 0 Å². The lowest BCUT2D eigenvalue weighted by Gasteiger charge is -2.00. The monoisotopic (exact) mass is 320 g/mol. The molecule has 0 atom stereocenters. The third-order valence-electron chi connectivity index (χ3n) is 2.68. The second kappa shape index (κ2) is 5.78. The van der Waals surface area contributed by atoms with Crippen LogP contribution < -0.4 is 5.32 Å². The molecule has 0 saturated heterocycles. The maximum Gasteiger partial charge on any atom is 0.223 e. The number of fused-ring (bicyclic) bond motifs is 1. The Labute approximate surface area is 128 Å². The zero-order valence-corrected chi connectivity index (χ0v) is 13.0. The Morgan fingerprint density at radius 2 is 2.33 bits per heavy atom. The van der Waals surface area contributed by atoms with Crippen LogP contribution in [-0.4, -0.2) is 30.6 Å². The molecule has 108 valence electrons. The summed E-state index contributed by atoms with van der Waals surface area (Å²) in [7, 11) is 1.85. The molecule has 3 rings (SSSR count). The summed E-state index contributed by atoms with van der Waals surface area (Å²) in [5, 5.41) is 11.2. The number of hydrogen-bond acceptors (Lipinski definition) is 7. The molecule has 3 aromatic heterocycles. The highest BCUT2D eigenvalue weighted by molar-refractivity contribution is 7.98. The minimum atomic E-state index is -0.114. The Bertz CT molecular complexity index is 796. The fourth-order valence-corrected chi connectivity index (χ4v) is 3.49. The third kappa shape index (κ3) is 3.03. The van der Waals surface area contributed by atoms with E-state index in [4.69, 9.17) is 0 Å². The molecule has 3 heterocycles. The molecule has 0 aliphatic carbocycles. The Balaban J connectivity index is 1.74. The second-order valence-electron chi connectivity index (χ2n) is 4.30. The van der Waals surface area contributed by atoms with Gasteiger partial charge in [-0.1, -0.05) is 11.8 Å². The van der Waals surface area contributed by atoms with Crippen LogP contribution >= 0.6 is 23.1 Å². The molecule has 0 saturated carbocycles. The van der Waals surface area contributed by atoms with Crippen molar-refractivity contribution >= 4 is 45.2 Å². The summed E-state index contributed by atoms with van der Waals surface area (Å²) in [6.07, 6.45) is 3.30. The lowest BCUT2D eigenvalue weighted by molar-refractivity contribution is -0.114. The normalized spacial score (nSPS) is 11.0. The highest BCUT2D eigenvalue weighted by atomic mass is 32.2. The summed E-state index contributed by atoms with van der Waals surface area (Å²) in [5.41, 5.74) is 1.72. The number of thiazole rings is 1. The van der Waals surface area contributed by atoms with Crippen LogP contribution in [0.5, 0.6) is 0 Å². The molecule has 1 N–H and O–H groups in total. The van der Waals surface area contributed by atoms with Crippen LogP contribution in [0, 0.1) is 0 Å². The van der Waals surface area contributed by atoms with Gasteiger partial charge in [0.25, 0.3) is 0 Å². The first-order chi connectivity index (χ1) is 10.1. The van der Waals surface area contributed by atoms with E-state index in [1.807, 2.05) is 12.4 Å². The Kier molecular flexibility index (Phi) is 3.84. The molecule has 0 spiro atoms. The first kappa shape index (κ1) is 14.0. The fraction of sp³-hybridized carbons (Fsp3) is 0.250. The summed E-state index contributed by atoms with van der Waals surface area (Å²) < 4.78 is 1.72. The number of aromatic nitrogens is 5. The average Bonchev–Trinajstić information content (AvgIpc) is 3.04. The number of aryl methyl sites for hydroxylation is 1. The number of hydrogen-bond donors (Lipinski definition) is 1. The number of nitrogens with one attached hydrogen (secondary N) is 1. The number of anilines is 1. The first-order valence-electron chi connectivity index (χ1n) is 6.11. The SMILES string of the molecule is CC(=O)Nc1nc(CSc2ncnc3c2cnn3C)cs1. The van der Waals surface area contributed by atoms with E-state index in [2.05, 4.69) is 25.4 Å². The number of nitrogens with zero attached hydrogens (tertiary/aromatic N) is 5. The summed E-state index contributed by atoms with van der Waals surface area (Å²) in [6.45, 7) is 1.47. The van der Waals surface area contributed by atoms with E-state index >= 15 is 0 Å². The topological polar surface area (TPSA) is 85.6 Å². The molecule has 0 aliphatic heterocycles. The second-order valence-corrected chi connectivity index (χ2v) is 6.12. The van der Waals surface area contributed by atoms with E-state index in [-0.39, 0.29) is 5.91 Å². The van der Waals surface area contributed by atoms with Crippen LogP contribution in [0.4, 0.5) is 5.13 Å². The van der Waals surface area contributed by atoms with Gasteiger partial charge in [0.15, 0.2) is 10.8 Å². The van der Waals surface area contributed by atoms with E-state index in [0.717, 1.165) is 21.8 Å². The van der Waals surface area contributed by atoms with Crippen molar-refractivity contribution in [3.8, 4) is 0 Å². The molecule has 9 heteroatoms. The fourth-order valence-electron chi connectivity index (χ4n) is 1.78. The van der Waals surface area contributed by atoms with Gasteiger partial charge in [0.1, 0.15) is 11.4 Å². The van der Waals surface area contributed by atoms with Gasteiger partial charge in [0.2, 0.25) is 5.91 Å². The van der Waals surface area contributed by atoms with E-state index in [1.54, 1.807) is 22.6 Å². The lowest BCUT2D eigenvalue weighted by atomic mass is 10.4. The molecule has 1 amide bonds. The maximum absolute atomic E-state index is 11.0. The number of rotatable bonds is 4. The van der Waals surface area contributed by atoms with E-state index in [0.29, 0.717) is 10.9 Å². The summed E-state index contributed by atoms with van der Waals surface area (Å²) in [5.74, 6) is 0.563. The van der Waals surface area contributed by atoms with Gasteiger partial charge in [0.05, 0.1) is 17.3 Å². The number of carbonyl (C=O) groups excluding carboxylic acids is 1. The van der Waals surface area contributed by atoms with Crippen molar-refractivity contribution in [2.24, 2.45) is 7.05 Å². The molecule has 0 bridgehead atoms. The van der Waals surface area contributed by atoms with Crippen LogP contribution in [-0.2, 0) is 17.6 Å². The summed E-state index contributed by atoms with van der Waals surface area (Å²) in [6, 6.07) is 0. The molecule has 0 aromatic carbocycles. The molecule has 7 nitrogen and oxygen atoms in total. The molecular formula is C12H12N6OS2. The first-order valence-corrected chi connectivity index (χ1v) is 7.97. The van der Waals surface area contributed by atoms with Gasteiger partial charge >= 0.3 is 0 Å². The third-order valence-corrected chi connectivity index (χ3v) is 4.53. The van der Waals surface area contributed by atoms with Crippen molar-refractivity contribution in [1.29, 1.82) is 0 Å². The van der Waals surface area contributed by atoms with E-state index in [1.165, 1.54) is 24.6 Å². The predicted molar refractivity (Wildman–Crippen MR) is 82.3 cm³/mol. The van der Waals surface area contributed by atoms with Gasteiger partial charge in [-0.05, 0) is 0 Å². The van der Waals surface area contributed by atoms with Crippen LogP contribution in [0.15, 0.2) is 22.9 Å². The smallest absolute Gasteiger partial charge is 0.223 e. The van der Waals surface area contributed by atoms with Crippen LogP contribution in [0.3, 0.4) is 0 Å². The van der Waals surface area contributed by atoms with Crippen molar-refractivity contribution in [2.75, 3.05) is 5.32 Å². The highest BCUT2D eigenvalue weighted by Gasteiger charge is 2.10. The summed E-state index contributed by atoms with van der Waals surface area (Å²) in [4.78, 5) is 23.8. The minimum absolute atomic E-state index is 0.114. The molecule has 21 heavy (non-hydrogen) atoms. The maximum atomic E-state index is 11.0. The van der Waals surface area contributed by atoms with Gasteiger partial charge in [0, 0.05) is 25.1 Å². The van der Waals surface area contributed by atoms with Gasteiger partial charge in [-0.25, -0.2) is 15.0 Å². The lowest BCUT2D eigenvalue weighted by Crippen LogP contribution is -2.05. The molecule has 0 fully saturated rings.